The number of allylic oxidation sites excluding steroid dienone is 2. The van der Waals surface area contributed by atoms with Gasteiger partial charge >= 0.3 is 0 Å². The van der Waals surface area contributed by atoms with Crippen molar-refractivity contribution in [2.45, 2.75) is 4.90 Å². The van der Waals surface area contributed by atoms with E-state index in [1.807, 2.05) is 0 Å². The minimum Gasteiger partial charge on any atom is -0.383 e. The van der Waals surface area contributed by atoms with Gasteiger partial charge in [-0.05, 0) is 12.1 Å². The lowest BCUT2D eigenvalue weighted by Crippen LogP contribution is -2.39. The molecule has 140 valence electrons. The van der Waals surface area contributed by atoms with Crippen LogP contribution in [-0.2, 0) is 14.8 Å². The maximum atomic E-state index is 12.9. The molecule has 0 saturated carbocycles. The molecular weight excluding hydrogens is 368 g/mol. The molecule has 3 rings (SSSR count). The first-order valence-electron chi connectivity index (χ1n) is 8.19. The lowest BCUT2D eigenvalue weighted by molar-refractivity contribution is 0.0963. The highest BCUT2D eigenvalue weighted by Gasteiger charge is 2.34. The molecule has 0 saturated heterocycles. The lowest BCUT2D eigenvalue weighted by Gasteiger charge is -2.22. The zero-order valence-corrected chi connectivity index (χ0v) is 15.4. The molecule has 0 bridgehead atoms. The Kier molecular flexibility index (Phi) is 5.38. The van der Waals surface area contributed by atoms with Gasteiger partial charge < -0.3 is 10.1 Å². The summed E-state index contributed by atoms with van der Waals surface area (Å²) in [7, 11) is -2.54. The van der Waals surface area contributed by atoms with E-state index in [2.05, 4.69) is 10.0 Å². The molecule has 0 unspecified atom stereocenters. The zero-order chi connectivity index (χ0) is 19.4. The first-order valence-corrected chi connectivity index (χ1v) is 9.67. The number of ketones is 2. The van der Waals surface area contributed by atoms with Crippen LogP contribution in [0.3, 0.4) is 0 Å². The second kappa shape index (κ2) is 7.73. The van der Waals surface area contributed by atoms with E-state index in [0.717, 1.165) is 0 Å². The van der Waals surface area contributed by atoms with Gasteiger partial charge in [-0.2, -0.15) is 0 Å². The fraction of sp³-hybridized carbons (Fsp3) is 0.158. The van der Waals surface area contributed by atoms with Crippen LogP contribution in [0.25, 0.3) is 0 Å². The van der Waals surface area contributed by atoms with Crippen LogP contribution in [0.2, 0.25) is 0 Å². The van der Waals surface area contributed by atoms with Crippen molar-refractivity contribution >= 4 is 21.6 Å². The Labute approximate surface area is 157 Å². The van der Waals surface area contributed by atoms with Gasteiger partial charge in [0.2, 0.25) is 11.6 Å². The number of benzene rings is 2. The van der Waals surface area contributed by atoms with E-state index in [1.54, 1.807) is 30.3 Å². The number of hydrogen-bond donors (Lipinski definition) is 2. The van der Waals surface area contributed by atoms with Gasteiger partial charge in [-0.15, -0.1) is 0 Å². The molecule has 2 aromatic rings. The predicted molar refractivity (Wildman–Crippen MR) is 98.8 cm³/mol. The second-order valence-electron chi connectivity index (χ2n) is 5.79. The summed E-state index contributed by atoms with van der Waals surface area (Å²) < 4.78 is 32.6. The van der Waals surface area contributed by atoms with Crippen molar-refractivity contribution in [1.82, 2.24) is 10.0 Å². The number of methoxy groups -OCH3 is 1. The van der Waals surface area contributed by atoms with Gasteiger partial charge in [-0.25, -0.2) is 8.42 Å². The first-order chi connectivity index (χ1) is 13.0. The van der Waals surface area contributed by atoms with E-state index in [1.165, 1.54) is 31.4 Å². The van der Waals surface area contributed by atoms with Crippen molar-refractivity contribution in [2.75, 3.05) is 20.3 Å². The molecule has 27 heavy (non-hydrogen) atoms. The van der Waals surface area contributed by atoms with E-state index < -0.39 is 21.6 Å². The van der Waals surface area contributed by atoms with Crippen LogP contribution < -0.4 is 10.0 Å². The summed E-state index contributed by atoms with van der Waals surface area (Å²) in [5, 5.41) is 2.83. The van der Waals surface area contributed by atoms with E-state index >= 15 is 0 Å². The third-order valence-corrected chi connectivity index (χ3v) is 5.38. The highest BCUT2D eigenvalue weighted by atomic mass is 32.2. The average Bonchev–Trinajstić information content (AvgIpc) is 2.69. The molecule has 0 atom stereocenters. The lowest BCUT2D eigenvalue weighted by atomic mass is 9.90. The minimum atomic E-state index is -4.03. The standard InChI is InChI=1S/C19H18N2O5S/c1-26-12-11-20-16-17(21-27(24,25)13-7-3-2-4-8-13)19(23)15-10-6-5-9-14(15)18(16)22/h2-10,20-21H,11-12H2,1H3. The summed E-state index contributed by atoms with van der Waals surface area (Å²) in [6.07, 6.45) is 0. The molecular formula is C19H18N2O5S. The van der Waals surface area contributed by atoms with Crippen molar-refractivity contribution in [2.24, 2.45) is 0 Å². The normalized spacial score (nSPS) is 14.1. The molecule has 1 aliphatic carbocycles. The molecule has 2 N–H and O–H groups in total. The predicted octanol–water partition coefficient (Wildman–Crippen LogP) is 1.49. The average molecular weight is 386 g/mol. The van der Waals surface area contributed by atoms with Gasteiger partial charge in [0.1, 0.15) is 11.4 Å². The number of fused-ring (bicyclic) bond motifs is 1. The molecule has 0 spiro atoms. The van der Waals surface area contributed by atoms with E-state index in [-0.39, 0.29) is 40.6 Å². The molecule has 8 heteroatoms. The number of hydrogen-bond acceptors (Lipinski definition) is 6. The number of Topliss-reactive ketones (excluding diaryl/α,β-unsaturated/α-hetero) is 2. The summed E-state index contributed by atoms with van der Waals surface area (Å²) in [5.41, 5.74) is 0.00420. The van der Waals surface area contributed by atoms with E-state index in [0.29, 0.717) is 0 Å². The highest BCUT2D eigenvalue weighted by molar-refractivity contribution is 7.89. The number of carbonyl (C=O) groups is 2. The Morgan fingerprint density at radius 1 is 0.852 bits per heavy atom. The SMILES string of the molecule is COCCNC1=C(NS(=O)(=O)c2ccccc2)C(=O)c2ccccc2C1=O. The molecule has 0 aromatic heterocycles. The van der Waals surface area contributed by atoms with E-state index in [4.69, 9.17) is 4.74 Å². The molecule has 0 heterocycles. The fourth-order valence-electron chi connectivity index (χ4n) is 2.71. The smallest absolute Gasteiger partial charge is 0.262 e. The fourth-order valence-corrected chi connectivity index (χ4v) is 3.81. The number of nitrogens with one attached hydrogen (secondary N) is 2. The van der Waals surface area contributed by atoms with E-state index in [9.17, 15) is 18.0 Å². The molecule has 2 aromatic carbocycles. The molecule has 7 nitrogen and oxygen atoms in total. The number of rotatable bonds is 7. The topological polar surface area (TPSA) is 102 Å². The van der Waals surface area contributed by atoms with Crippen LogP contribution in [0, 0.1) is 0 Å². The number of ether oxygens (including phenoxy) is 1. The molecule has 1 aliphatic rings. The van der Waals surface area contributed by atoms with Crippen LogP contribution in [0.1, 0.15) is 20.7 Å². The monoisotopic (exact) mass is 386 g/mol. The van der Waals surface area contributed by atoms with Gasteiger partial charge in [0.25, 0.3) is 10.0 Å². The number of sulfonamides is 1. The zero-order valence-electron chi connectivity index (χ0n) is 14.6. The van der Waals surface area contributed by atoms with Crippen LogP contribution in [0.15, 0.2) is 70.9 Å². The van der Waals surface area contributed by atoms with Gasteiger partial charge in [-0.1, -0.05) is 42.5 Å². The van der Waals surface area contributed by atoms with Crippen molar-refractivity contribution in [3.63, 3.8) is 0 Å². The summed E-state index contributed by atoms with van der Waals surface area (Å²) >= 11 is 0. The van der Waals surface area contributed by atoms with Gasteiger partial charge in [0.05, 0.1) is 11.5 Å². The van der Waals surface area contributed by atoms with Crippen molar-refractivity contribution in [1.29, 1.82) is 0 Å². The third-order valence-electron chi connectivity index (χ3n) is 4.02. The molecule has 0 amide bonds. The summed E-state index contributed by atoms with van der Waals surface area (Å²) in [6, 6.07) is 13.9. The Hall–Kier alpha value is -2.97. The summed E-state index contributed by atoms with van der Waals surface area (Å²) in [6.45, 7) is 0.523. The second-order valence-corrected chi connectivity index (χ2v) is 7.47. The molecule has 0 radical (unpaired) electrons. The van der Waals surface area contributed by atoms with Crippen molar-refractivity contribution in [3.05, 3.63) is 77.1 Å². The van der Waals surface area contributed by atoms with Crippen LogP contribution in [-0.4, -0.2) is 40.2 Å². The van der Waals surface area contributed by atoms with Crippen LogP contribution in [0.4, 0.5) is 0 Å². The maximum Gasteiger partial charge on any atom is 0.262 e. The van der Waals surface area contributed by atoms with Crippen LogP contribution in [0.5, 0.6) is 0 Å². The largest absolute Gasteiger partial charge is 0.383 e. The third kappa shape index (κ3) is 3.76. The summed E-state index contributed by atoms with van der Waals surface area (Å²) in [5.74, 6) is -1.02. The molecule has 0 aliphatic heterocycles. The van der Waals surface area contributed by atoms with Gasteiger partial charge in [0, 0.05) is 24.8 Å². The Bertz CT molecular complexity index is 1010. The Balaban J connectivity index is 2.05. The van der Waals surface area contributed by atoms with Gasteiger partial charge in [0.15, 0.2) is 0 Å². The molecule has 0 fully saturated rings. The van der Waals surface area contributed by atoms with Crippen molar-refractivity contribution < 1.29 is 22.7 Å². The van der Waals surface area contributed by atoms with Gasteiger partial charge in [-0.3, -0.25) is 14.3 Å². The minimum absolute atomic E-state index is 0.00662. The van der Waals surface area contributed by atoms with Crippen molar-refractivity contribution in [3.8, 4) is 0 Å². The highest BCUT2D eigenvalue weighted by Crippen LogP contribution is 2.25. The Morgan fingerprint density at radius 2 is 1.41 bits per heavy atom. The van der Waals surface area contributed by atoms with Crippen LogP contribution >= 0.6 is 0 Å². The Morgan fingerprint density at radius 3 is 2.00 bits per heavy atom. The quantitative estimate of drug-likeness (QED) is 0.699. The first kappa shape index (κ1) is 18.8. The summed E-state index contributed by atoms with van der Waals surface area (Å²) in [4.78, 5) is 25.7. The number of carbonyl (C=O) groups excluding carboxylic acids is 2. The maximum absolute atomic E-state index is 12.9.